The number of fused-ring (bicyclic) bond motifs is 1. The summed E-state index contributed by atoms with van der Waals surface area (Å²) in [6.07, 6.45) is 17.8. The van der Waals surface area contributed by atoms with Crippen molar-refractivity contribution < 1.29 is 0 Å². The van der Waals surface area contributed by atoms with E-state index >= 15 is 0 Å². The van der Waals surface area contributed by atoms with Crippen molar-refractivity contribution >= 4 is 34.4 Å². The fourth-order valence-electron chi connectivity index (χ4n) is 4.28. The maximum absolute atomic E-state index is 6.14. The molecule has 0 unspecified atom stereocenters. The van der Waals surface area contributed by atoms with Crippen molar-refractivity contribution in [3.05, 3.63) is 22.1 Å². The van der Waals surface area contributed by atoms with Gasteiger partial charge in [-0.1, -0.05) is 82.2 Å². The highest BCUT2D eigenvalue weighted by Gasteiger charge is 2.14. The van der Waals surface area contributed by atoms with Gasteiger partial charge in [0.1, 0.15) is 11.3 Å². The number of aryl methyl sites for hydroxylation is 4. The molecular weight excluding hydrogens is 459 g/mol. The molecule has 3 aromatic heterocycles. The molecular formula is C23H36Cl2N8. The first-order valence-electron chi connectivity index (χ1n) is 12.3. The monoisotopic (exact) mass is 494 g/mol. The second-order valence-electron chi connectivity index (χ2n) is 8.83. The molecule has 0 spiro atoms. The Morgan fingerprint density at radius 3 is 1.88 bits per heavy atom. The highest BCUT2D eigenvalue weighted by Crippen LogP contribution is 2.23. The lowest BCUT2D eigenvalue weighted by atomic mass is 10.0. The van der Waals surface area contributed by atoms with E-state index in [4.69, 9.17) is 23.2 Å². The van der Waals surface area contributed by atoms with Gasteiger partial charge in [-0.3, -0.25) is 0 Å². The van der Waals surface area contributed by atoms with Gasteiger partial charge >= 0.3 is 0 Å². The van der Waals surface area contributed by atoms with Crippen LogP contribution in [-0.2, 0) is 20.0 Å². The van der Waals surface area contributed by atoms with Gasteiger partial charge in [-0.25, -0.2) is 14.6 Å². The van der Waals surface area contributed by atoms with E-state index in [1.165, 1.54) is 77.0 Å². The van der Waals surface area contributed by atoms with E-state index in [1.807, 2.05) is 14.0 Å². The molecule has 0 fully saturated rings. The van der Waals surface area contributed by atoms with Crippen molar-refractivity contribution in [3.63, 3.8) is 0 Å². The Bertz CT molecular complexity index is 984. The summed E-state index contributed by atoms with van der Waals surface area (Å²) in [5.74, 6) is 1.90. The molecule has 0 amide bonds. The van der Waals surface area contributed by atoms with E-state index in [2.05, 4.69) is 35.0 Å². The van der Waals surface area contributed by atoms with Gasteiger partial charge in [-0.05, 0) is 41.8 Å². The van der Waals surface area contributed by atoms with Gasteiger partial charge in [-0.15, -0.1) is 5.10 Å². The molecule has 0 aliphatic heterocycles. The number of imidazole rings is 1. The Hall–Kier alpha value is -1.80. The molecule has 0 bridgehead atoms. The minimum atomic E-state index is 0.171. The summed E-state index contributed by atoms with van der Waals surface area (Å²) in [6, 6.07) is 0. The van der Waals surface area contributed by atoms with Crippen molar-refractivity contribution in [2.75, 3.05) is 0 Å². The summed E-state index contributed by atoms with van der Waals surface area (Å²) in [6.45, 7) is 2.87. The van der Waals surface area contributed by atoms with Crippen molar-refractivity contribution in [2.45, 2.75) is 103 Å². The summed E-state index contributed by atoms with van der Waals surface area (Å²) in [5.41, 5.74) is 1.37. The molecule has 8 nitrogen and oxygen atoms in total. The van der Waals surface area contributed by atoms with Gasteiger partial charge in [0.05, 0.1) is 0 Å². The van der Waals surface area contributed by atoms with E-state index in [1.54, 1.807) is 4.68 Å². The molecule has 33 heavy (non-hydrogen) atoms. The molecule has 0 aromatic carbocycles. The Balaban J connectivity index is 1.14. The summed E-state index contributed by atoms with van der Waals surface area (Å²) < 4.78 is 3.87. The number of unbranched alkanes of at least 4 members (excludes halogenated alkanes) is 12. The van der Waals surface area contributed by atoms with Crippen molar-refractivity contribution in [1.29, 1.82) is 0 Å². The quantitative estimate of drug-likeness (QED) is 0.132. The normalized spacial score (nSPS) is 11.6. The topological polar surface area (TPSA) is 87.2 Å². The number of nitrogens with zero attached hydrogens (tertiary/aromatic N) is 8. The molecule has 0 N–H and O–H groups in total. The third-order valence-corrected chi connectivity index (χ3v) is 6.64. The van der Waals surface area contributed by atoms with E-state index in [9.17, 15) is 0 Å². The summed E-state index contributed by atoms with van der Waals surface area (Å²) >= 11 is 12.1. The van der Waals surface area contributed by atoms with E-state index in [0.717, 1.165) is 36.7 Å². The molecule has 3 heterocycles. The summed E-state index contributed by atoms with van der Waals surface area (Å²) in [7, 11) is 1.91. The van der Waals surface area contributed by atoms with Crippen molar-refractivity contribution in [1.82, 2.24) is 39.7 Å². The lowest BCUT2D eigenvalue weighted by Gasteiger charge is -2.07. The van der Waals surface area contributed by atoms with Crippen LogP contribution in [0.4, 0.5) is 0 Å². The van der Waals surface area contributed by atoms with Crippen LogP contribution in [0.2, 0.25) is 10.4 Å². The smallest absolute Gasteiger partial charge is 0.225 e. The third-order valence-electron chi connectivity index (χ3n) is 6.21. The molecule has 3 rings (SSSR count). The first kappa shape index (κ1) is 25.8. The maximum atomic E-state index is 6.14. The second kappa shape index (κ2) is 13.8. The zero-order valence-corrected chi connectivity index (χ0v) is 21.5. The standard InChI is InChI=1S/C23H36Cl2N8/c1-18-26-20-21(24)27-23(25)28-22(20)33(18)17-15-13-11-9-7-5-3-4-6-8-10-12-14-16-19-29-30-31-32(19)2/h3-17H2,1-2H3. The molecule has 182 valence electrons. The largest absolute Gasteiger partial charge is 0.313 e. The number of hydrogen-bond donors (Lipinski definition) is 0. The highest BCUT2D eigenvalue weighted by atomic mass is 35.5. The number of tetrazole rings is 1. The average molecular weight is 496 g/mol. The van der Waals surface area contributed by atoms with Crippen molar-refractivity contribution in [2.24, 2.45) is 7.05 Å². The van der Waals surface area contributed by atoms with Crippen LogP contribution < -0.4 is 0 Å². The Morgan fingerprint density at radius 2 is 1.30 bits per heavy atom. The number of rotatable bonds is 16. The van der Waals surface area contributed by atoms with Gasteiger partial charge in [0.25, 0.3) is 0 Å². The number of hydrogen-bond acceptors (Lipinski definition) is 6. The molecule has 0 radical (unpaired) electrons. The van der Waals surface area contributed by atoms with Gasteiger partial charge in [0.15, 0.2) is 16.6 Å². The zero-order valence-electron chi connectivity index (χ0n) is 19.9. The van der Waals surface area contributed by atoms with Crippen LogP contribution in [0.25, 0.3) is 11.2 Å². The van der Waals surface area contributed by atoms with Gasteiger partial charge in [-0.2, -0.15) is 4.98 Å². The SMILES string of the molecule is Cc1nc2c(Cl)nc(Cl)nc2n1CCCCCCCCCCCCCCCc1nnnn1C. The summed E-state index contributed by atoms with van der Waals surface area (Å²) in [4.78, 5) is 12.8. The first-order valence-corrected chi connectivity index (χ1v) is 13.1. The first-order chi connectivity index (χ1) is 16.1. The summed E-state index contributed by atoms with van der Waals surface area (Å²) in [5, 5.41) is 12.1. The molecule has 0 saturated heterocycles. The highest BCUT2D eigenvalue weighted by molar-refractivity contribution is 6.35. The fraction of sp³-hybridized carbons (Fsp3) is 0.739. The van der Waals surface area contributed by atoms with Gasteiger partial charge < -0.3 is 4.57 Å². The molecule has 10 heteroatoms. The molecule has 0 aliphatic carbocycles. The van der Waals surface area contributed by atoms with Crippen LogP contribution in [0.5, 0.6) is 0 Å². The predicted octanol–water partition coefficient (Wildman–Crippen LogP) is 6.28. The lowest BCUT2D eigenvalue weighted by molar-refractivity contribution is 0.523. The minimum Gasteiger partial charge on any atom is -0.313 e. The van der Waals surface area contributed by atoms with Crippen LogP contribution in [-0.4, -0.2) is 39.7 Å². The Morgan fingerprint density at radius 1 is 0.727 bits per heavy atom. The fourth-order valence-corrected chi connectivity index (χ4v) is 4.69. The third kappa shape index (κ3) is 8.18. The predicted molar refractivity (Wildman–Crippen MR) is 133 cm³/mol. The van der Waals surface area contributed by atoms with E-state index < -0.39 is 0 Å². The van der Waals surface area contributed by atoms with E-state index in [0.29, 0.717) is 10.7 Å². The molecule has 0 aliphatic rings. The average Bonchev–Trinajstić information content (AvgIpc) is 3.33. The minimum absolute atomic E-state index is 0.171. The molecule has 0 atom stereocenters. The van der Waals surface area contributed by atoms with Crippen LogP contribution in [0.15, 0.2) is 0 Å². The molecule has 0 saturated carbocycles. The van der Waals surface area contributed by atoms with Crippen LogP contribution in [0, 0.1) is 6.92 Å². The number of aromatic nitrogens is 8. The van der Waals surface area contributed by atoms with Crippen LogP contribution >= 0.6 is 23.2 Å². The van der Waals surface area contributed by atoms with Gasteiger partial charge in [0.2, 0.25) is 5.28 Å². The maximum Gasteiger partial charge on any atom is 0.225 e. The molecule has 3 aromatic rings. The lowest BCUT2D eigenvalue weighted by Crippen LogP contribution is -2.02. The Labute approximate surface area is 206 Å². The van der Waals surface area contributed by atoms with E-state index in [-0.39, 0.29) is 5.28 Å². The number of halogens is 2. The van der Waals surface area contributed by atoms with Crippen LogP contribution in [0.1, 0.15) is 95.1 Å². The van der Waals surface area contributed by atoms with Gasteiger partial charge in [0, 0.05) is 20.0 Å². The zero-order chi connectivity index (χ0) is 23.5. The van der Waals surface area contributed by atoms with Crippen molar-refractivity contribution in [3.8, 4) is 0 Å². The Kier molecular flexibility index (Phi) is 10.8. The van der Waals surface area contributed by atoms with Crippen LogP contribution in [0.3, 0.4) is 0 Å². The second-order valence-corrected chi connectivity index (χ2v) is 9.53.